The van der Waals surface area contributed by atoms with E-state index >= 15 is 0 Å². The van der Waals surface area contributed by atoms with Crippen LogP contribution in [-0.2, 0) is 14.3 Å². The zero-order valence-electron chi connectivity index (χ0n) is 18.2. The highest BCUT2D eigenvalue weighted by Gasteiger charge is 2.44. The fourth-order valence-electron chi connectivity index (χ4n) is 4.43. The number of hydrogen-bond acceptors (Lipinski definition) is 4. The summed E-state index contributed by atoms with van der Waals surface area (Å²) in [7, 11) is 0. The maximum Gasteiger partial charge on any atom is 0.407 e. The van der Waals surface area contributed by atoms with Crippen molar-refractivity contribution in [2.24, 2.45) is 17.8 Å². The van der Waals surface area contributed by atoms with Crippen molar-refractivity contribution in [3.63, 3.8) is 0 Å². The molecule has 2 amide bonds. The SMILES string of the molecule is CC(C)[C@H](NC(=O)[C@@H]1C[C@@H]1CNC(=O)OCC1c2ccccc2-c2ccccc21)C(=O)O. The van der Waals surface area contributed by atoms with Crippen LogP contribution in [0.4, 0.5) is 4.79 Å². The second kappa shape index (κ2) is 9.02. The summed E-state index contributed by atoms with van der Waals surface area (Å²) in [5.74, 6) is -1.79. The number of hydrogen-bond donors (Lipinski definition) is 3. The topological polar surface area (TPSA) is 105 Å². The van der Waals surface area contributed by atoms with E-state index in [1.165, 1.54) is 11.1 Å². The number of benzene rings is 2. The van der Waals surface area contributed by atoms with Gasteiger partial charge in [-0.3, -0.25) is 4.79 Å². The standard InChI is InChI=1S/C25H28N2O5/c1-14(2)22(24(29)30)27-23(28)20-11-15(20)12-26-25(31)32-13-21-18-9-5-3-7-16(18)17-8-4-6-10-19(17)21/h3-10,14-15,20-22H,11-13H2,1-2H3,(H,26,31)(H,27,28)(H,29,30)/t15-,20-,22+/m1/s1. The fraction of sp³-hybridized carbons (Fsp3) is 0.400. The Morgan fingerprint density at radius 2 is 1.62 bits per heavy atom. The third kappa shape index (κ3) is 4.47. The van der Waals surface area contributed by atoms with Crippen LogP contribution >= 0.6 is 0 Å². The van der Waals surface area contributed by atoms with Crippen molar-refractivity contribution < 1.29 is 24.2 Å². The Morgan fingerprint density at radius 3 is 2.19 bits per heavy atom. The zero-order valence-corrected chi connectivity index (χ0v) is 18.2. The van der Waals surface area contributed by atoms with Crippen LogP contribution in [0.15, 0.2) is 48.5 Å². The van der Waals surface area contributed by atoms with Gasteiger partial charge in [0.05, 0.1) is 0 Å². The number of carboxylic acid groups (broad SMARTS) is 1. The van der Waals surface area contributed by atoms with Crippen LogP contribution in [0.2, 0.25) is 0 Å². The molecule has 32 heavy (non-hydrogen) atoms. The molecule has 7 heteroatoms. The number of carbonyl (C=O) groups is 3. The monoisotopic (exact) mass is 436 g/mol. The minimum atomic E-state index is -1.04. The fourth-order valence-corrected chi connectivity index (χ4v) is 4.43. The van der Waals surface area contributed by atoms with E-state index in [0.29, 0.717) is 13.0 Å². The number of amides is 2. The van der Waals surface area contributed by atoms with Crippen LogP contribution in [0.25, 0.3) is 11.1 Å². The van der Waals surface area contributed by atoms with E-state index in [1.807, 2.05) is 24.3 Å². The number of ether oxygens (including phenoxy) is 1. The average Bonchev–Trinajstić information content (AvgIpc) is 3.49. The van der Waals surface area contributed by atoms with Crippen molar-refractivity contribution in [2.75, 3.05) is 13.2 Å². The summed E-state index contributed by atoms with van der Waals surface area (Å²) in [5.41, 5.74) is 4.65. The van der Waals surface area contributed by atoms with Gasteiger partial charge in [0.25, 0.3) is 0 Å². The molecule has 7 nitrogen and oxygen atoms in total. The van der Waals surface area contributed by atoms with Gasteiger partial charge < -0.3 is 20.5 Å². The molecular formula is C25H28N2O5. The Hall–Kier alpha value is -3.35. The van der Waals surface area contributed by atoms with Crippen molar-refractivity contribution in [3.05, 3.63) is 59.7 Å². The predicted molar refractivity (Wildman–Crippen MR) is 119 cm³/mol. The van der Waals surface area contributed by atoms with Gasteiger partial charge in [-0.2, -0.15) is 0 Å². The third-order valence-electron chi connectivity index (χ3n) is 6.34. The molecule has 2 aliphatic carbocycles. The molecular weight excluding hydrogens is 408 g/mol. The lowest BCUT2D eigenvalue weighted by Gasteiger charge is -2.18. The summed E-state index contributed by atoms with van der Waals surface area (Å²) in [6.45, 7) is 4.07. The molecule has 2 aromatic rings. The Balaban J connectivity index is 1.26. The van der Waals surface area contributed by atoms with Gasteiger partial charge in [-0.25, -0.2) is 9.59 Å². The first-order valence-corrected chi connectivity index (χ1v) is 11.0. The summed E-state index contributed by atoms with van der Waals surface area (Å²) < 4.78 is 5.51. The highest BCUT2D eigenvalue weighted by molar-refractivity contribution is 5.87. The van der Waals surface area contributed by atoms with Gasteiger partial charge in [0.15, 0.2) is 0 Å². The molecule has 0 unspecified atom stereocenters. The number of nitrogens with one attached hydrogen (secondary N) is 2. The largest absolute Gasteiger partial charge is 0.480 e. The van der Waals surface area contributed by atoms with E-state index in [9.17, 15) is 19.5 Å². The Bertz CT molecular complexity index is 989. The molecule has 0 aliphatic heterocycles. The minimum Gasteiger partial charge on any atom is -0.480 e. The summed E-state index contributed by atoms with van der Waals surface area (Å²) >= 11 is 0. The molecule has 0 aromatic heterocycles. The summed E-state index contributed by atoms with van der Waals surface area (Å²) in [4.78, 5) is 35.8. The van der Waals surface area contributed by atoms with Crippen molar-refractivity contribution in [1.29, 1.82) is 0 Å². The van der Waals surface area contributed by atoms with Gasteiger partial charge in [0, 0.05) is 18.4 Å². The Kier molecular flexibility index (Phi) is 6.17. The summed E-state index contributed by atoms with van der Waals surface area (Å²) in [6.07, 6.45) is 0.114. The number of rotatable bonds is 8. The Morgan fingerprint density at radius 1 is 1.03 bits per heavy atom. The highest BCUT2D eigenvalue weighted by Crippen LogP contribution is 2.44. The highest BCUT2D eigenvalue weighted by atomic mass is 16.5. The van der Waals surface area contributed by atoms with E-state index in [1.54, 1.807) is 13.8 Å². The average molecular weight is 437 g/mol. The van der Waals surface area contributed by atoms with Crippen LogP contribution in [0, 0.1) is 17.8 Å². The van der Waals surface area contributed by atoms with Crippen molar-refractivity contribution in [1.82, 2.24) is 10.6 Å². The van der Waals surface area contributed by atoms with Gasteiger partial charge in [0.1, 0.15) is 12.6 Å². The second-order valence-electron chi connectivity index (χ2n) is 8.88. The zero-order chi connectivity index (χ0) is 22.8. The van der Waals surface area contributed by atoms with Crippen molar-refractivity contribution in [3.8, 4) is 11.1 Å². The first kappa shape index (κ1) is 21.9. The number of alkyl carbamates (subject to hydrolysis) is 1. The molecule has 0 heterocycles. The molecule has 0 saturated heterocycles. The molecule has 168 valence electrons. The number of carbonyl (C=O) groups excluding carboxylic acids is 2. The molecule has 3 N–H and O–H groups in total. The lowest BCUT2D eigenvalue weighted by molar-refractivity contribution is -0.143. The van der Waals surface area contributed by atoms with E-state index in [2.05, 4.69) is 34.9 Å². The molecule has 2 aromatic carbocycles. The quantitative estimate of drug-likeness (QED) is 0.588. The molecule has 1 fully saturated rings. The Labute approximate surface area is 187 Å². The second-order valence-corrected chi connectivity index (χ2v) is 8.88. The maximum absolute atomic E-state index is 12.3. The third-order valence-corrected chi connectivity index (χ3v) is 6.34. The van der Waals surface area contributed by atoms with Crippen LogP contribution in [0.1, 0.15) is 37.3 Å². The number of fused-ring (bicyclic) bond motifs is 3. The normalized spacial score (nSPS) is 19.6. The van der Waals surface area contributed by atoms with Crippen LogP contribution in [0.3, 0.4) is 0 Å². The smallest absolute Gasteiger partial charge is 0.407 e. The molecule has 0 bridgehead atoms. The van der Waals surface area contributed by atoms with Crippen molar-refractivity contribution >= 4 is 18.0 Å². The molecule has 0 spiro atoms. The molecule has 3 atom stereocenters. The predicted octanol–water partition coefficient (Wildman–Crippen LogP) is 3.39. The lowest BCUT2D eigenvalue weighted by Crippen LogP contribution is -2.45. The minimum absolute atomic E-state index is 0.00269. The van der Waals surface area contributed by atoms with Gasteiger partial charge in [-0.15, -0.1) is 0 Å². The van der Waals surface area contributed by atoms with Gasteiger partial charge >= 0.3 is 12.1 Å². The summed E-state index contributed by atoms with van der Waals surface area (Å²) in [5, 5.41) is 14.6. The maximum atomic E-state index is 12.3. The van der Waals surface area contributed by atoms with Crippen LogP contribution in [-0.4, -0.2) is 42.3 Å². The number of aliphatic carboxylic acids is 1. The first-order valence-electron chi connectivity index (χ1n) is 11.0. The molecule has 1 saturated carbocycles. The van der Waals surface area contributed by atoms with Gasteiger partial charge in [0.2, 0.25) is 5.91 Å². The van der Waals surface area contributed by atoms with Gasteiger partial charge in [-0.1, -0.05) is 62.4 Å². The van der Waals surface area contributed by atoms with E-state index in [-0.39, 0.29) is 36.2 Å². The number of carboxylic acids is 1. The first-order chi connectivity index (χ1) is 15.4. The lowest BCUT2D eigenvalue weighted by atomic mass is 9.98. The van der Waals surface area contributed by atoms with Gasteiger partial charge in [-0.05, 0) is 40.5 Å². The van der Waals surface area contributed by atoms with Crippen LogP contribution < -0.4 is 10.6 Å². The van der Waals surface area contributed by atoms with E-state index in [0.717, 1.165) is 11.1 Å². The van der Waals surface area contributed by atoms with Crippen LogP contribution in [0.5, 0.6) is 0 Å². The summed E-state index contributed by atoms with van der Waals surface area (Å²) in [6, 6.07) is 15.4. The molecule has 4 rings (SSSR count). The molecule has 2 aliphatic rings. The molecule has 0 radical (unpaired) electrons. The van der Waals surface area contributed by atoms with Crippen molar-refractivity contribution in [2.45, 2.75) is 32.2 Å². The van der Waals surface area contributed by atoms with E-state index < -0.39 is 18.1 Å². The van der Waals surface area contributed by atoms with E-state index in [4.69, 9.17) is 4.74 Å².